The molecule has 0 N–H and O–H groups in total. The molecule has 0 aliphatic carbocycles. The fraction of sp³-hybridized carbons (Fsp3) is 0.294. The smallest absolute Gasteiger partial charge is 0.272 e. The van der Waals surface area contributed by atoms with Crippen molar-refractivity contribution in [1.29, 1.82) is 0 Å². The summed E-state index contributed by atoms with van der Waals surface area (Å²) >= 11 is 3.03. The van der Waals surface area contributed by atoms with E-state index in [1.54, 1.807) is 23.4 Å². The first-order chi connectivity index (χ1) is 11.2. The zero-order valence-corrected chi connectivity index (χ0v) is 14.7. The normalized spacial score (nSPS) is 11.2. The quantitative estimate of drug-likeness (QED) is 0.504. The summed E-state index contributed by atoms with van der Waals surface area (Å²) in [5.74, 6) is 0.787. The average molecular weight is 346 g/mol. The van der Waals surface area contributed by atoms with E-state index in [4.69, 9.17) is 4.74 Å². The Hall–Kier alpha value is -1.63. The van der Waals surface area contributed by atoms with Gasteiger partial charge in [-0.3, -0.25) is 9.36 Å². The predicted octanol–water partition coefficient (Wildman–Crippen LogP) is 3.71. The average Bonchev–Trinajstić information content (AvgIpc) is 3.02. The summed E-state index contributed by atoms with van der Waals surface area (Å²) in [5.41, 5.74) is 3.26. The van der Waals surface area contributed by atoms with Crippen LogP contribution in [0.15, 0.2) is 45.7 Å². The van der Waals surface area contributed by atoms with Gasteiger partial charge < -0.3 is 4.74 Å². The minimum Gasteiger partial charge on any atom is -0.383 e. The second kappa shape index (κ2) is 7.29. The van der Waals surface area contributed by atoms with Crippen LogP contribution >= 0.6 is 23.1 Å². The number of benzene rings is 1. The van der Waals surface area contributed by atoms with E-state index in [-0.39, 0.29) is 5.56 Å². The van der Waals surface area contributed by atoms with E-state index in [1.165, 1.54) is 22.5 Å². The first-order valence-electron chi connectivity index (χ1n) is 7.34. The molecule has 1 aromatic carbocycles. The highest BCUT2D eigenvalue weighted by Crippen LogP contribution is 2.24. The summed E-state index contributed by atoms with van der Waals surface area (Å²) in [6.07, 6.45) is 0. The number of hydrogen-bond donors (Lipinski definition) is 0. The molecule has 0 saturated carbocycles. The SMILES string of the molecule is COCCn1c(SCc2ccc(C)cc2)nc2ccsc2c1=O. The Bertz CT molecular complexity index is 853. The van der Waals surface area contributed by atoms with Crippen LogP contribution in [-0.4, -0.2) is 23.3 Å². The van der Waals surface area contributed by atoms with Gasteiger partial charge in [0.1, 0.15) is 4.70 Å². The van der Waals surface area contributed by atoms with Crippen molar-refractivity contribution in [3.63, 3.8) is 0 Å². The third-order valence-electron chi connectivity index (χ3n) is 3.54. The zero-order chi connectivity index (χ0) is 16.2. The molecule has 6 heteroatoms. The lowest BCUT2D eigenvalue weighted by Crippen LogP contribution is -2.24. The van der Waals surface area contributed by atoms with Crippen molar-refractivity contribution in [3.05, 3.63) is 57.2 Å². The Morgan fingerprint density at radius 3 is 2.78 bits per heavy atom. The summed E-state index contributed by atoms with van der Waals surface area (Å²) in [6, 6.07) is 10.3. The Morgan fingerprint density at radius 1 is 1.26 bits per heavy atom. The molecule has 0 spiro atoms. The Morgan fingerprint density at radius 2 is 2.04 bits per heavy atom. The molecule has 0 amide bonds. The van der Waals surface area contributed by atoms with Gasteiger partial charge in [-0.2, -0.15) is 0 Å². The van der Waals surface area contributed by atoms with Crippen molar-refractivity contribution in [2.75, 3.05) is 13.7 Å². The molecule has 0 atom stereocenters. The van der Waals surface area contributed by atoms with E-state index in [1.807, 2.05) is 11.4 Å². The molecule has 2 aromatic heterocycles. The Kier molecular flexibility index (Phi) is 5.15. The maximum atomic E-state index is 12.6. The molecule has 0 bridgehead atoms. The molecule has 0 fully saturated rings. The van der Waals surface area contributed by atoms with Crippen LogP contribution in [0.5, 0.6) is 0 Å². The molecule has 0 aliphatic heterocycles. The number of hydrogen-bond acceptors (Lipinski definition) is 5. The molecule has 0 aliphatic rings. The minimum absolute atomic E-state index is 0.0217. The highest BCUT2D eigenvalue weighted by Gasteiger charge is 2.12. The lowest BCUT2D eigenvalue weighted by Gasteiger charge is -2.11. The molecule has 0 saturated heterocycles. The van der Waals surface area contributed by atoms with E-state index in [0.717, 1.165) is 16.4 Å². The van der Waals surface area contributed by atoms with E-state index in [9.17, 15) is 4.79 Å². The van der Waals surface area contributed by atoms with Gasteiger partial charge >= 0.3 is 0 Å². The molecular formula is C17H18N2O2S2. The maximum Gasteiger partial charge on any atom is 0.272 e. The molecule has 120 valence electrons. The summed E-state index contributed by atoms with van der Waals surface area (Å²) in [4.78, 5) is 17.3. The zero-order valence-electron chi connectivity index (χ0n) is 13.1. The topological polar surface area (TPSA) is 44.1 Å². The van der Waals surface area contributed by atoms with Crippen molar-refractivity contribution in [1.82, 2.24) is 9.55 Å². The fourth-order valence-electron chi connectivity index (χ4n) is 2.25. The number of aromatic nitrogens is 2. The minimum atomic E-state index is 0.0217. The van der Waals surface area contributed by atoms with Crippen LogP contribution in [0.1, 0.15) is 11.1 Å². The molecule has 3 rings (SSSR count). The molecule has 23 heavy (non-hydrogen) atoms. The number of thiophene rings is 1. The van der Waals surface area contributed by atoms with Crippen molar-refractivity contribution in [3.8, 4) is 0 Å². The number of fused-ring (bicyclic) bond motifs is 1. The number of methoxy groups -OCH3 is 1. The lowest BCUT2D eigenvalue weighted by atomic mass is 10.2. The van der Waals surface area contributed by atoms with Crippen molar-refractivity contribution >= 4 is 33.3 Å². The van der Waals surface area contributed by atoms with Gasteiger partial charge in [0.2, 0.25) is 0 Å². The van der Waals surface area contributed by atoms with Gasteiger partial charge in [-0.15, -0.1) is 11.3 Å². The predicted molar refractivity (Wildman–Crippen MR) is 96.5 cm³/mol. The van der Waals surface area contributed by atoms with Crippen LogP contribution in [-0.2, 0) is 17.0 Å². The van der Waals surface area contributed by atoms with E-state index < -0.39 is 0 Å². The molecule has 4 nitrogen and oxygen atoms in total. The highest BCUT2D eigenvalue weighted by atomic mass is 32.2. The van der Waals surface area contributed by atoms with Crippen LogP contribution in [0.4, 0.5) is 0 Å². The molecular weight excluding hydrogens is 328 g/mol. The van der Waals surface area contributed by atoms with E-state index in [2.05, 4.69) is 36.2 Å². The van der Waals surface area contributed by atoms with Gasteiger partial charge in [0.15, 0.2) is 5.16 Å². The summed E-state index contributed by atoms with van der Waals surface area (Å²) in [6.45, 7) is 3.09. The van der Waals surface area contributed by atoms with Gasteiger partial charge in [0.05, 0.1) is 18.7 Å². The number of thioether (sulfide) groups is 1. The van der Waals surface area contributed by atoms with Crippen LogP contribution in [0, 0.1) is 6.92 Å². The third kappa shape index (κ3) is 3.65. The number of rotatable bonds is 6. The van der Waals surface area contributed by atoms with Gasteiger partial charge in [0.25, 0.3) is 5.56 Å². The van der Waals surface area contributed by atoms with Crippen LogP contribution in [0.2, 0.25) is 0 Å². The Balaban J connectivity index is 1.91. The van der Waals surface area contributed by atoms with Gasteiger partial charge in [-0.05, 0) is 23.9 Å². The monoisotopic (exact) mass is 346 g/mol. The summed E-state index contributed by atoms with van der Waals surface area (Å²) in [7, 11) is 1.64. The number of aryl methyl sites for hydroxylation is 1. The molecule has 0 radical (unpaired) electrons. The van der Waals surface area contributed by atoms with Crippen LogP contribution in [0.25, 0.3) is 10.2 Å². The standard InChI is InChI=1S/C17H18N2O2S2/c1-12-3-5-13(6-4-12)11-23-17-18-14-7-10-22-15(14)16(20)19(17)8-9-21-2/h3-7,10H,8-9,11H2,1-2H3. The third-order valence-corrected chi connectivity index (χ3v) is 5.48. The molecule has 2 heterocycles. The second-order valence-electron chi connectivity index (χ2n) is 5.25. The molecule has 3 aromatic rings. The lowest BCUT2D eigenvalue weighted by molar-refractivity contribution is 0.183. The highest BCUT2D eigenvalue weighted by molar-refractivity contribution is 7.98. The summed E-state index contributed by atoms with van der Waals surface area (Å²) < 4.78 is 7.56. The van der Waals surface area contributed by atoms with E-state index >= 15 is 0 Å². The fourth-order valence-corrected chi connectivity index (χ4v) is 4.01. The van der Waals surface area contributed by atoms with Crippen molar-refractivity contribution in [2.45, 2.75) is 24.4 Å². The number of ether oxygens (including phenoxy) is 1. The van der Waals surface area contributed by atoms with E-state index in [0.29, 0.717) is 17.9 Å². The van der Waals surface area contributed by atoms with Crippen LogP contribution < -0.4 is 5.56 Å². The van der Waals surface area contributed by atoms with Gasteiger partial charge in [-0.25, -0.2) is 4.98 Å². The van der Waals surface area contributed by atoms with Gasteiger partial charge in [0, 0.05) is 12.9 Å². The Labute approximate surface area is 143 Å². The molecule has 0 unspecified atom stereocenters. The first-order valence-corrected chi connectivity index (χ1v) is 9.21. The first kappa shape index (κ1) is 16.2. The summed E-state index contributed by atoms with van der Waals surface area (Å²) in [5, 5.41) is 2.66. The van der Waals surface area contributed by atoms with Crippen LogP contribution in [0.3, 0.4) is 0 Å². The maximum absolute atomic E-state index is 12.6. The van der Waals surface area contributed by atoms with Crippen molar-refractivity contribution in [2.24, 2.45) is 0 Å². The number of nitrogens with zero attached hydrogens (tertiary/aromatic N) is 2. The van der Waals surface area contributed by atoms with Crippen molar-refractivity contribution < 1.29 is 4.74 Å². The van der Waals surface area contributed by atoms with Gasteiger partial charge in [-0.1, -0.05) is 41.6 Å². The largest absolute Gasteiger partial charge is 0.383 e. The second-order valence-corrected chi connectivity index (χ2v) is 7.11.